The molecule has 9 heteroatoms. The standard InChI is InChI=1S/C23H23N3O4S2/c1-16(27)25-20-6-8-21(9-7-20)32(29,30)24-14-17-2-4-18(5-3-17)23(28)26-12-10-22-19(15-26)11-13-31-22/h2-9,11,13,24H,10,12,14-15H2,1H3,(H,25,27). The first-order valence-electron chi connectivity index (χ1n) is 10.1. The van der Waals surface area contributed by atoms with Crippen LogP contribution in [-0.4, -0.2) is 31.7 Å². The van der Waals surface area contributed by atoms with Gasteiger partial charge in [0.2, 0.25) is 15.9 Å². The minimum Gasteiger partial charge on any atom is -0.334 e. The number of anilines is 1. The zero-order chi connectivity index (χ0) is 22.7. The molecule has 4 rings (SSSR count). The molecule has 2 amide bonds. The summed E-state index contributed by atoms with van der Waals surface area (Å²) in [5, 5.41) is 4.66. The maximum absolute atomic E-state index is 12.8. The second-order valence-corrected chi connectivity index (χ2v) is 10.3. The third-order valence-corrected chi connectivity index (χ3v) is 7.69. The van der Waals surface area contributed by atoms with Crippen molar-refractivity contribution < 1.29 is 18.0 Å². The molecule has 1 aliphatic rings. The molecule has 0 unspecified atom stereocenters. The monoisotopic (exact) mass is 469 g/mol. The first-order chi connectivity index (χ1) is 15.3. The summed E-state index contributed by atoms with van der Waals surface area (Å²) in [6.45, 7) is 2.82. The molecule has 2 N–H and O–H groups in total. The summed E-state index contributed by atoms with van der Waals surface area (Å²) in [7, 11) is -3.71. The maximum Gasteiger partial charge on any atom is 0.254 e. The minimum absolute atomic E-state index is 0.0201. The Morgan fingerprint density at radius 3 is 2.44 bits per heavy atom. The van der Waals surface area contributed by atoms with E-state index in [2.05, 4.69) is 21.5 Å². The van der Waals surface area contributed by atoms with Crippen molar-refractivity contribution in [3.8, 4) is 0 Å². The number of rotatable bonds is 6. The Hall–Kier alpha value is -3.01. The second-order valence-electron chi connectivity index (χ2n) is 7.57. The van der Waals surface area contributed by atoms with E-state index >= 15 is 0 Å². The van der Waals surface area contributed by atoms with Crippen molar-refractivity contribution in [2.75, 3.05) is 11.9 Å². The SMILES string of the molecule is CC(=O)Nc1ccc(S(=O)(=O)NCc2ccc(C(=O)N3CCc4sccc4C3)cc2)cc1. The molecule has 1 aliphatic heterocycles. The Morgan fingerprint density at radius 1 is 1.03 bits per heavy atom. The van der Waals surface area contributed by atoms with Crippen molar-refractivity contribution in [3.63, 3.8) is 0 Å². The lowest BCUT2D eigenvalue weighted by Gasteiger charge is -2.27. The fourth-order valence-electron chi connectivity index (χ4n) is 3.55. The van der Waals surface area contributed by atoms with Crippen LogP contribution in [0.5, 0.6) is 0 Å². The average molecular weight is 470 g/mol. The topological polar surface area (TPSA) is 95.6 Å². The predicted octanol–water partition coefficient (Wildman–Crippen LogP) is 3.38. The molecule has 0 saturated heterocycles. The molecule has 0 radical (unpaired) electrons. The molecule has 7 nitrogen and oxygen atoms in total. The highest BCUT2D eigenvalue weighted by atomic mass is 32.2. The summed E-state index contributed by atoms with van der Waals surface area (Å²) in [5.41, 5.74) is 3.08. The molecular weight excluding hydrogens is 446 g/mol. The number of hydrogen-bond donors (Lipinski definition) is 2. The van der Waals surface area contributed by atoms with Crippen LogP contribution < -0.4 is 10.0 Å². The number of nitrogens with zero attached hydrogens (tertiary/aromatic N) is 1. The molecule has 166 valence electrons. The van der Waals surface area contributed by atoms with E-state index in [4.69, 9.17) is 0 Å². The molecular formula is C23H23N3O4S2. The lowest BCUT2D eigenvalue weighted by Crippen LogP contribution is -2.35. The van der Waals surface area contributed by atoms with E-state index in [1.807, 2.05) is 4.90 Å². The molecule has 3 aromatic rings. The highest BCUT2D eigenvalue weighted by Gasteiger charge is 2.22. The zero-order valence-corrected chi connectivity index (χ0v) is 19.1. The smallest absolute Gasteiger partial charge is 0.254 e. The molecule has 32 heavy (non-hydrogen) atoms. The summed E-state index contributed by atoms with van der Waals surface area (Å²) in [6.07, 6.45) is 0.879. The van der Waals surface area contributed by atoms with Gasteiger partial charge in [0, 0.05) is 42.7 Å². The predicted molar refractivity (Wildman–Crippen MR) is 124 cm³/mol. The van der Waals surface area contributed by atoms with Crippen molar-refractivity contribution in [2.45, 2.75) is 31.3 Å². The molecule has 0 aliphatic carbocycles. The van der Waals surface area contributed by atoms with Crippen molar-refractivity contribution >= 4 is 38.9 Å². The quantitative estimate of drug-likeness (QED) is 0.579. The minimum atomic E-state index is -3.71. The van der Waals surface area contributed by atoms with Crippen LogP contribution in [0.4, 0.5) is 5.69 Å². The van der Waals surface area contributed by atoms with E-state index in [9.17, 15) is 18.0 Å². The summed E-state index contributed by atoms with van der Waals surface area (Å²) >= 11 is 1.73. The van der Waals surface area contributed by atoms with Crippen LogP contribution >= 0.6 is 11.3 Å². The van der Waals surface area contributed by atoms with Gasteiger partial charge < -0.3 is 10.2 Å². The molecule has 2 heterocycles. The van der Waals surface area contributed by atoms with Crippen LogP contribution in [0.2, 0.25) is 0 Å². The van der Waals surface area contributed by atoms with Gasteiger partial charge in [-0.15, -0.1) is 11.3 Å². The Kier molecular flexibility index (Phi) is 6.40. The Bertz CT molecular complexity index is 1230. The number of carbonyl (C=O) groups excluding carboxylic acids is 2. The van der Waals surface area contributed by atoms with E-state index < -0.39 is 10.0 Å². The lowest BCUT2D eigenvalue weighted by atomic mass is 10.1. The summed E-state index contributed by atoms with van der Waals surface area (Å²) in [5.74, 6) is -0.245. The molecule has 0 spiro atoms. The number of hydrogen-bond acceptors (Lipinski definition) is 5. The summed E-state index contributed by atoms with van der Waals surface area (Å²) in [6, 6.07) is 15.0. The first-order valence-corrected chi connectivity index (χ1v) is 12.5. The van der Waals surface area contributed by atoms with E-state index in [1.54, 1.807) is 35.6 Å². The van der Waals surface area contributed by atoms with Crippen LogP contribution in [0, 0.1) is 0 Å². The van der Waals surface area contributed by atoms with E-state index in [0.717, 1.165) is 12.0 Å². The Labute approximate surface area is 191 Å². The number of amides is 2. The van der Waals surface area contributed by atoms with Gasteiger partial charge in [-0.1, -0.05) is 12.1 Å². The van der Waals surface area contributed by atoms with Crippen LogP contribution in [0.15, 0.2) is 64.9 Å². The third kappa shape index (κ3) is 5.07. The fraction of sp³-hybridized carbons (Fsp3) is 0.217. The van der Waals surface area contributed by atoms with Crippen molar-refractivity contribution in [2.24, 2.45) is 0 Å². The van der Waals surface area contributed by atoms with Crippen molar-refractivity contribution in [1.82, 2.24) is 9.62 Å². The van der Waals surface area contributed by atoms with Gasteiger partial charge in [-0.05, 0) is 65.4 Å². The van der Waals surface area contributed by atoms with Crippen LogP contribution in [-0.2, 0) is 34.3 Å². The summed E-state index contributed by atoms with van der Waals surface area (Å²) in [4.78, 5) is 27.2. The van der Waals surface area contributed by atoms with Crippen LogP contribution in [0.1, 0.15) is 33.3 Å². The Balaban J connectivity index is 1.36. The van der Waals surface area contributed by atoms with Crippen LogP contribution in [0.3, 0.4) is 0 Å². The van der Waals surface area contributed by atoms with Gasteiger partial charge in [-0.2, -0.15) is 0 Å². The molecule has 0 bridgehead atoms. The van der Waals surface area contributed by atoms with Crippen molar-refractivity contribution in [1.29, 1.82) is 0 Å². The highest BCUT2D eigenvalue weighted by molar-refractivity contribution is 7.89. The number of carbonyl (C=O) groups is 2. The largest absolute Gasteiger partial charge is 0.334 e. The lowest BCUT2D eigenvalue weighted by molar-refractivity contribution is -0.114. The third-order valence-electron chi connectivity index (χ3n) is 5.25. The number of fused-ring (bicyclic) bond motifs is 1. The van der Waals surface area contributed by atoms with E-state index in [-0.39, 0.29) is 23.3 Å². The number of thiophene rings is 1. The van der Waals surface area contributed by atoms with Gasteiger partial charge in [-0.3, -0.25) is 9.59 Å². The van der Waals surface area contributed by atoms with E-state index in [1.165, 1.54) is 41.6 Å². The van der Waals surface area contributed by atoms with Gasteiger partial charge in [0.25, 0.3) is 5.91 Å². The zero-order valence-electron chi connectivity index (χ0n) is 17.5. The number of benzene rings is 2. The number of nitrogens with one attached hydrogen (secondary N) is 2. The first kappa shape index (κ1) is 22.2. The normalized spacial score (nSPS) is 13.5. The summed E-state index contributed by atoms with van der Waals surface area (Å²) < 4.78 is 27.6. The molecule has 1 aromatic heterocycles. The average Bonchev–Trinajstić information content (AvgIpc) is 3.25. The van der Waals surface area contributed by atoms with Crippen molar-refractivity contribution in [3.05, 3.63) is 81.5 Å². The maximum atomic E-state index is 12.8. The van der Waals surface area contributed by atoms with Gasteiger partial charge in [0.15, 0.2) is 0 Å². The fourth-order valence-corrected chi connectivity index (χ4v) is 5.46. The van der Waals surface area contributed by atoms with Gasteiger partial charge in [-0.25, -0.2) is 13.1 Å². The molecule has 0 saturated carbocycles. The molecule has 0 atom stereocenters. The van der Waals surface area contributed by atoms with Gasteiger partial charge in [0.05, 0.1) is 4.90 Å². The number of sulfonamides is 1. The second kappa shape index (κ2) is 9.23. The van der Waals surface area contributed by atoms with E-state index in [0.29, 0.717) is 24.3 Å². The Morgan fingerprint density at radius 2 is 1.75 bits per heavy atom. The highest BCUT2D eigenvalue weighted by Crippen LogP contribution is 2.25. The van der Waals surface area contributed by atoms with Crippen LogP contribution in [0.25, 0.3) is 0 Å². The van der Waals surface area contributed by atoms with Gasteiger partial charge in [0.1, 0.15) is 0 Å². The molecule has 2 aromatic carbocycles. The van der Waals surface area contributed by atoms with Gasteiger partial charge >= 0.3 is 0 Å². The molecule has 0 fully saturated rings.